The zero-order chi connectivity index (χ0) is 8.97. The highest BCUT2D eigenvalue weighted by atomic mass is 35.5. The molecule has 66 valence electrons. The third kappa shape index (κ3) is 2.70. The van der Waals surface area contributed by atoms with Gasteiger partial charge in [-0.25, -0.2) is 0 Å². The number of hydrogen-bond acceptors (Lipinski definition) is 2. The molecule has 1 aromatic carbocycles. The van der Waals surface area contributed by atoms with Crippen LogP contribution in [-0.4, -0.2) is 17.5 Å². The van der Waals surface area contributed by atoms with Crippen molar-refractivity contribution in [1.29, 1.82) is 0 Å². The Hall–Kier alpha value is -0.180. The van der Waals surface area contributed by atoms with E-state index in [0.717, 1.165) is 21.2 Å². The van der Waals surface area contributed by atoms with Crippen molar-refractivity contribution in [3.63, 3.8) is 0 Å². The van der Waals surface area contributed by atoms with E-state index in [2.05, 4.69) is 0 Å². The van der Waals surface area contributed by atoms with Gasteiger partial charge in [-0.15, -0.1) is 11.8 Å². The van der Waals surface area contributed by atoms with Crippen molar-refractivity contribution in [2.75, 3.05) is 12.4 Å². The molecule has 1 aromatic rings. The summed E-state index contributed by atoms with van der Waals surface area (Å²) in [6, 6.07) is 5.88. The molecule has 0 bridgehead atoms. The smallest absolute Gasteiger partial charge is 0.0525 e. The molecule has 0 atom stereocenters. The number of rotatable bonds is 3. The van der Waals surface area contributed by atoms with Crippen LogP contribution < -0.4 is 0 Å². The summed E-state index contributed by atoms with van der Waals surface area (Å²) in [5, 5.41) is 9.40. The van der Waals surface area contributed by atoms with E-state index in [0.29, 0.717) is 0 Å². The number of benzene rings is 1. The maximum atomic E-state index is 8.60. The summed E-state index contributed by atoms with van der Waals surface area (Å²) in [5.74, 6) is 0.737. The molecule has 0 aromatic heterocycles. The largest absolute Gasteiger partial charge is 0.396 e. The third-order valence-electron chi connectivity index (χ3n) is 1.49. The quantitative estimate of drug-likeness (QED) is 0.761. The van der Waals surface area contributed by atoms with E-state index in [1.807, 2.05) is 25.1 Å². The molecule has 0 aliphatic rings. The van der Waals surface area contributed by atoms with Crippen molar-refractivity contribution in [1.82, 2.24) is 0 Å². The zero-order valence-corrected chi connectivity index (χ0v) is 8.45. The highest BCUT2D eigenvalue weighted by Gasteiger charge is 1.97. The Morgan fingerprint density at radius 2 is 2.25 bits per heavy atom. The molecule has 0 fully saturated rings. The molecule has 0 aliphatic carbocycles. The van der Waals surface area contributed by atoms with Crippen molar-refractivity contribution >= 4 is 23.4 Å². The summed E-state index contributed by atoms with van der Waals surface area (Å²) in [5.41, 5.74) is 1.08. The SMILES string of the molecule is Cc1cc(SCCO)ccc1Cl. The van der Waals surface area contributed by atoms with Gasteiger partial charge in [0.05, 0.1) is 6.61 Å². The molecule has 0 spiro atoms. The minimum atomic E-state index is 0.215. The average molecular weight is 203 g/mol. The minimum Gasteiger partial charge on any atom is -0.396 e. The minimum absolute atomic E-state index is 0.215. The normalized spacial score (nSPS) is 10.2. The second-order valence-corrected chi connectivity index (χ2v) is 4.06. The maximum Gasteiger partial charge on any atom is 0.0525 e. The van der Waals surface area contributed by atoms with E-state index < -0.39 is 0 Å². The van der Waals surface area contributed by atoms with Gasteiger partial charge < -0.3 is 5.11 Å². The molecular formula is C9H11ClOS. The van der Waals surface area contributed by atoms with Crippen LogP contribution in [0.4, 0.5) is 0 Å². The fourth-order valence-electron chi connectivity index (χ4n) is 0.870. The van der Waals surface area contributed by atoms with Crippen molar-refractivity contribution in [2.24, 2.45) is 0 Å². The van der Waals surface area contributed by atoms with E-state index in [1.54, 1.807) is 11.8 Å². The lowest BCUT2D eigenvalue weighted by atomic mass is 10.2. The van der Waals surface area contributed by atoms with Crippen molar-refractivity contribution in [3.05, 3.63) is 28.8 Å². The molecule has 3 heteroatoms. The topological polar surface area (TPSA) is 20.2 Å². The predicted octanol–water partition coefficient (Wildman–Crippen LogP) is 2.73. The summed E-state index contributed by atoms with van der Waals surface area (Å²) in [4.78, 5) is 1.16. The van der Waals surface area contributed by atoms with Gasteiger partial charge in [-0.05, 0) is 30.7 Å². The Balaban J connectivity index is 2.69. The van der Waals surface area contributed by atoms with Crippen molar-refractivity contribution in [3.8, 4) is 0 Å². The first-order valence-corrected chi connectivity index (χ1v) is 5.10. The lowest BCUT2D eigenvalue weighted by molar-refractivity contribution is 0.322. The van der Waals surface area contributed by atoms with Crippen LogP contribution in [0.15, 0.2) is 23.1 Å². The fraction of sp³-hybridized carbons (Fsp3) is 0.333. The van der Waals surface area contributed by atoms with Crippen LogP contribution in [0, 0.1) is 6.92 Å². The molecule has 1 rings (SSSR count). The molecule has 0 amide bonds. The van der Waals surface area contributed by atoms with Gasteiger partial charge in [0.2, 0.25) is 0 Å². The molecule has 1 nitrogen and oxygen atoms in total. The fourth-order valence-corrected chi connectivity index (χ4v) is 1.74. The highest BCUT2D eigenvalue weighted by molar-refractivity contribution is 7.99. The predicted molar refractivity (Wildman–Crippen MR) is 54.0 cm³/mol. The lowest BCUT2D eigenvalue weighted by Gasteiger charge is -2.01. The number of aliphatic hydroxyl groups is 1. The maximum absolute atomic E-state index is 8.60. The third-order valence-corrected chi connectivity index (χ3v) is 2.89. The molecule has 0 aliphatic heterocycles. The molecule has 0 saturated heterocycles. The van der Waals surface area contributed by atoms with Crippen LogP contribution in [0.5, 0.6) is 0 Å². The number of halogens is 1. The van der Waals surface area contributed by atoms with Gasteiger partial charge in [0.25, 0.3) is 0 Å². The molecule has 12 heavy (non-hydrogen) atoms. The number of thioether (sulfide) groups is 1. The van der Waals surface area contributed by atoms with Gasteiger partial charge in [0.1, 0.15) is 0 Å². The van der Waals surface area contributed by atoms with E-state index in [-0.39, 0.29) is 6.61 Å². The second-order valence-electron chi connectivity index (χ2n) is 2.48. The van der Waals surface area contributed by atoms with Gasteiger partial charge >= 0.3 is 0 Å². The summed E-state index contributed by atoms with van der Waals surface area (Å²) in [7, 11) is 0. The first kappa shape index (κ1) is 9.90. The van der Waals surface area contributed by atoms with Crippen LogP contribution in [0.2, 0.25) is 5.02 Å². The molecular weight excluding hydrogens is 192 g/mol. The first-order chi connectivity index (χ1) is 5.74. The highest BCUT2D eigenvalue weighted by Crippen LogP contribution is 2.23. The van der Waals surface area contributed by atoms with Gasteiger partial charge in [-0.2, -0.15) is 0 Å². The zero-order valence-electron chi connectivity index (χ0n) is 6.88. The molecule has 0 saturated carbocycles. The standard InChI is InChI=1S/C9H11ClOS/c1-7-6-8(12-5-4-11)2-3-9(7)10/h2-3,6,11H,4-5H2,1H3. The Labute approximate surface area is 81.7 Å². The van der Waals surface area contributed by atoms with E-state index in [4.69, 9.17) is 16.7 Å². The van der Waals surface area contributed by atoms with E-state index >= 15 is 0 Å². The Morgan fingerprint density at radius 1 is 1.50 bits per heavy atom. The van der Waals surface area contributed by atoms with Gasteiger partial charge in [-0.1, -0.05) is 11.6 Å². The van der Waals surface area contributed by atoms with Gasteiger partial charge in [-0.3, -0.25) is 0 Å². The first-order valence-electron chi connectivity index (χ1n) is 3.74. The molecule has 0 unspecified atom stereocenters. The van der Waals surface area contributed by atoms with Crippen LogP contribution in [0.3, 0.4) is 0 Å². The van der Waals surface area contributed by atoms with Crippen LogP contribution in [-0.2, 0) is 0 Å². The summed E-state index contributed by atoms with van der Waals surface area (Å²) in [6.45, 7) is 2.19. The molecule has 0 heterocycles. The number of aliphatic hydroxyl groups excluding tert-OH is 1. The van der Waals surface area contributed by atoms with Gasteiger partial charge in [0, 0.05) is 15.7 Å². The van der Waals surface area contributed by atoms with Crippen LogP contribution in [0.1, 0.15) is 5.56 Å². The van der Waals surface area contributed by atoms with Crippen LogP contribution >= 0.6 is 23.4 Å². The number of hydrogen-bond donors (Lipinski definition) is 1. The Kier molecular flexibility index (Phi) is 3.92. The lowest BCUT2D eigenvalue weighted by Crippen LogP contribution is -1.85. The summed E-state index contributed by atoms with van der Waals surface area (Å²) in [6.07, 6.45) is 0. The summed E-state index contributed by atoms with van der Waals surface area (Å²) < 4.78 is 0. The van der Waals surface area contributed by atoms with Crippen LogP contribution in [0.25, 0.3) is 0 Å². The van der Waals surface area contributed by atoms with Gasteiger partial charge in [0.15, 0.2) is 0 Å². The van der Waals surface area contributed by atoms with E-state index in [9.17, 15) is 0 Å². The van der Waals surface area contributed by atoms with E-state index in [1.165, 1.54) is 0 Å². The Bertz CT molecular complexity index is 263. The molecule has 0 radical (unpaired) electrons. The average Bonchev–Trinajstić information content (AvgIpc) is 2.07. The Morgan fingerprint density at radius 3 is 2.83 bits per heavy atom. The summed E-state index contributed by atoms with van der Waals surface area (Å²) >= 11 is 7.49. The molecule has 1 N–H and O–H groups in total. The number of aryl methyl sites for hydroxylation is 1. The van der Waals surface area contributed by atoms with Crippen molar-refractivity contribution < 1.29 is 5.11 Å². The van der Waals surface area contributed by atoms with Crippen molar-refractivity contribution in [2.45, 2.75) is 11.8 Å². The second kappa shape index (κ2) is 4.75. The monoisotopic (exact) mass is 202 g/mol.